The summed E-state index contributed by atoms with van der Waals surface area (Å²) in [6, 6.07) is 20.1. The fourth-order valence-electron chi connectivity index (χ4n) is 4.00. The predicted molar refractivity (Wildman–Crippen MR) is 152 cm³/mol. The first-order valence-corrected chi connectivity index (χ1v) is 13.6. The Morgan fingerprint density at radius 1 is 0.857 bits per heavy atom. The van der Waals surface area contributed by atoms with E-state index in [9.17, 15) is 27.9 Å². The first-order chi connectivity index (χ1) is 20.2. The van der Waals surface area contributed by atoms with Crippen molar-refractivity contribution in [2.45, 2.75) is 38.5 Å². The van der Waals surface area contributed by atoms with E-state index in [0.29, 0.717) is 38.3 Å². The molecule has 0 radical (unpaired) electrons. The molecule has 0 heterocycles. The third-order valence-electron chi connectivity index (χ3n) is 6.20. The molecule has 3 rings (SSSR count). The molecule has 0 saturated heterocycles. The number of rotatable bonds is 16. The standard InChI is InChI=1S/C31H35F3N2O6/c1-2-40-28(29(37)38)22-23-10-16-27(17-11-23)42-21-19-36(18-6-7-20-41-26-8-4-3-5-9-26)30(39)35-25-14-12-24(13-15-25)31(32,33)34/h3-5,8-17,28H,2,6-7,18-22H2,1H3,(H,35,39)(H,37,38). The van der Waals surface area contributed by atoms with Gasteiger partial charge in [-0.3, -0.25) is 0 Å². The van der Waals surface area contributed by atoms with Gasteiger partial charge in [-0.05, 0) is 73.9 Å². The number of carboxylic acid groups (broad SMARTS) is 1. The summed E-state index contributed by atoms with van der Waals surface area (Å²) in [6.07, 6.45) is -3.87. The highest BCUT2D eigenvalue weighted by Gasteiger charge is 2.30. The topological polar surface area (TPSA) is 97.3 Å². The second-order valence-electron chi connectivity index (χ2n) is 9.34. The van der Waals surface area contributed by atoms with Crippen molar-refractivity contribution in [3.63, 3.8) is 0 Å². The molecule has 0 aliphatic heterocycles. The molecular weight excluding hydrogens is 553 g/mol. The molecule has 0 saturated carbocycles. The first-order valence-electron chi connectivity index (χ1n) is 13.6. The Hall–Kier alpha value is -4.25. The Morgan fingerprint density at radius 2 is 1.50 bits per heavy atom. The number of carboxylic acids is 1. The summed E-state index contributed by atoms with van der Waals surface area (Å²) in [4.78, 5) is 25.9. The van der Waals surface area contributed by atoms with Gasteiger partial charge in [0.25, 0.3) is 0 Å². The third-order valence-corrected chi connectivity index (χ3v) is 6.20. The summed E-state index contributed by atoms with van der Waals surface area (Å²) in [5, 5.41) is 11.9. The van der Waals surface area contributed by atoms with Crippen LogP contribution in [0.2, 0.25) is 0 Å². The van der Waals surface area contributed by atoms with Gasteiger partial charge in [0.15, 0.2) is 6.10 Å². The van der Waals surface area contributed by atoms with Gasteiger partial charge in [0, 0.05) is 25.3 Å². The Morgan fingerprint density at radius 3 is 2.12 bits per heavy atom. The summed E-state index contributed by atoms with van der Waals surface area (Å²) < 4.78 is 55.4. The lowest BCUT2D eigenvalue weighted by Gasteiger charge is -2.23. The monoisotopic (exact) mass is 588 g/mol. The maximum Gasteiger partial charge on any atom is 0.416 e. The second-order valence-corrected chi connectivity index (χ2v) is 9.34. The average molecular weight is 589 g/mol. The Kier molecular flexibility index (Phi) is 12.5. The van der Waals surface area contributed by atoms with Crippen LogP contribution in [0.3, 0.4) is 0 Å². The van der Waals surface area contributed by atoms with Crippen LogP contribution < -0.4 is 14.8 Å². The summed E-state index contributed by atoms with van der Waals surface area (Å²) in [7, 11) is 0. The average Bonchev–Trinajstić information content (AvgIpc) is 2.97. The number of carbonyl (C=O) groups is 2. The highest BCUT2D eigenvalue weighted by molar-refractivity contribution is 5.89. The third kappa shape index (κ3) is 11.0. The minimum Gasteiger partial charge on any atom is -0.494 e. The minimum absolute atomic E-state index is 0.164. The molecule has 2 amide bonds. The van der Waals surface area contributed by atoms with Crippen LogP contribution in [0.25, 0.3) is 0 Å². The van der Waals surface area contributed by atoms with Gasteiger partial charge in [0.05, 0.1) is 18.7 Å². The number of alkyl halides is 3. The first kappa shape index (κ1) is 32.3. The quantitative estimate of drug-likeness (QED) is 0.185. The van der Waals surface area contributed by atoms with E-state index in [1.807, 2.05) is 30.3 Å². The molecule has 8 nitrogen and oxygen atoms in total. The smallest absolute Gasteiger partial charge is 0.416 e. The van der Waals surface area contributed by atoms with Crippen LogP contribution in [0.1, 0.15) is 30.9 Å². The molecule has 0 aromatic heterocycles. The Balaban J connectivity index is 1.55. The number of hydrogen-bond acceptors (Lipinski definition) is 5. The molecule has 2 N–H and O–H groups in total. The van der Waals surface area contributed by atoms with Crippen LogP contribution in [-0.4, -0.2) is 61.0 Å². The number of urea groups is 1. The summed E-state index contributed by atoms with van der Waals surface area (Å²) >= 11 is 0. The number of nitrogens with zero attached hydrogens (tertiary/aromatic N) is 1. The molecule has 1 atom stereocenters. The van der Waals surface area contributed by atoms with Crippen molar-refractivity contribution in [1.29, 1.82) is 0 Å². The van der Waals surface area contributed by atoms with E-state index >= 15 is 0 Å². The Bertz CT molecular complexity index is 1240. The number of aliphatic carboxylic acids is 1. The zero-order chi connectivity index (χ0) is 30.4. The molecule has 3 aromatic carbocycles. The van der Waals surface area contributed by atoms with Crippen molar-refractivity contribution in [3.05, 3.63) is 90.0 Å². The van der Waals surface area contributed by atoms with Gasteiger partial charge in [-0.15, -0.1) is 0 Å². The van der Waals surface area contributed by atoms with E-state index in [2.05, 4.69) is 5.32 Å². The predicted octanol–water partition coefficient (Wildman–Crippen LogP) is 6.51. The van der Waals surface area contributed by atoms with E-state index in [1.165, 1.54) is 17.0 Å². The molecule has 42 heavy (non-hydrogen) atoms. The van der Waals surface area contributed by atoms with E-state index in [4.69, 9.17) is 14.2 Å². The van der Waals surface area contributed by atoms with Crippen molar-refractivity contribution < 1.29 is 42.1 Å². The lowest BCUT2D eigenvalue weighted by atomic mass is 10.1. The molecule has 11 heteroatoms. The molecule has 0 aliphatic carbocycles. The maximum absolute atomic E-state index is 13.0. The highest BCUT2D eigenvalue weighted by atomic mass is 19.4. The van der Waals surface area contributed by atoms with E-state index < -0.39 is 29.8 Å². The van der Waals surface area contributed by atoms with Crippen molar-refractivity contribution in [2.75, 3.05) is 38.2 Å². The van der Waals surface area contributed by atoms with Crippen LogP contribution in [0.5, 0.6) is 11.5 Å². The number of hydrogen-bond donors (Lipinski definition) is 2. The van der Waals surface area contributed by atoms with E-state index in [-0.39, 0.29) is 25.3 Å². The fraction of sp³-hybridized carbons (Fsp3) is 0.355. The van der Waals surface area contributed by atoms with E-state index in [1.54, 1.807) is 31.2 Å². The summed E-state index contributed by atoms with van der Waals surface area (Å²) in [5.41, 5.74) is 0.221. The minimum atomic E-state index is -4.47. The lowest BCUT2D eigenvalue weighted by Crippen LogP contribution is -2.38. The molecule has 0 aliphatic rings. The van der Waals surface area contributed by atoms with Crippen LogP contribution in [0, 0.1) is 0 Å². The molecular formula is C31H35F3N2O6. The maximum atomic E-state index is 13.0. The van der Waals surface area contributed by atoms with Crippen molar-refractivity contribution >= 4 is 17.7 Å². The second kappa shape index (κ2) is 16.3. The largest absolute Gasteiger partial charge is 0.494 e. The van der Waals surface area contributed by atoms with Gasteiger partial charge in [-0.1, -0.05) is 30.3 Å². The zero-order valence-corrected chi connectivity index (χ0v) is 23.3. The van der Waals surface area contributed by atoms with Gasteiger partial charge in [0.2, 0.25) is 0 Å². The van der Waals surface area contributed by atoms with Crippen LogP contribution >= 0.6 is 0 Å². The van der Waals surface area contributed by atoms with Crippen molar-refractivity contribution in [3.8, 4) is 11.5 Å². The lowest BCUT2D eigenvalue weighted by molar-refractivity contribution is -0.150. The Labute approximate surface area is 243 Å². The number of para-hydroxylation sites is 1. The fourth-order valence-corrected chi connectivity index (χ4v) is 4.00. The van der Waals surface area contributed by atoms with Gasteiger partial charge in [-0.25, -0.2) is 9.59 Å². The summed E-state index contributed by atoms with van der Waals surface area (Å²) in [5.74, 6) is 0.269. The zero-order valence-electron chi connectivity index (χ0n) is 23.3. The van der Waals surface area contributed by atoms with Gasteiger partial charge in [0.1, 0.15) is 18.1 Å². The normalized spacial score (nSPS) is 11.9. The highest BCUT2D eigenvalue weighted by Crippen LogP contribution is 2.29. The molecule has 0 bridgehead atoms. The van der Waals surface area contributed by atoms with Gasteiger partial charge >= 0.3 is 18.2 Å². The van der Waals surface area contributed by atoms with Crippen LogP contribution in [0.15, 0.2) is 78.9 Å². The number of benzene rings is 3. The number of halogens is 3. The molecule has 1 unspecified atom stereocenters. The van der Waals surface area contributed by atoms with Crippen LogP contribution in [0.4, 0.5) is 23.7 Å². The molecule has 0 spiro atoms. The SMILES string of the molecule is CCOC(Cc1ccc(OCCN(CCCCOc2ccccc2)C(=O)Nc2ccc(C(F)(F)F)cc2)cc1)C(=O)O. The molecule has 0 fully saturated rings. The number of amides is 2. The molecule has 3 aromatic rings. The van der Waals surface area contributed by atoms with Crippen LogP contribution in [-0.2, 0) is 22.1 Å². The number of nitrogens with one attached hydrogen (secondary N) is 1. The van der Waals surface area contributed by atoms with Gasteiger partial charge < -0.3 is 29.5 Å². The number of unbranched alkanes of at least 4 members (excludes halogenated alkanes) is 1. The summed E-state index contributed by atoms with van der Waals surface area (Å²) in [6.45, 7) is 3.25. The van der Waals surface area contributed by atoms with E-state index in [0.717, 1.165) is 23.4 Å². The van der Waals surface area contributed by atoms with Gasteiger partial charge in [-0.2, -0.15) is 13.2 Å². The van der Waals surface area contributed by atoms with Crippen molar-refractivity contribution in [2.24, 2.45) is 0 Å². The number of anilines is 1. The van der Waals surface area contributed by atoms with Crippen molar-refractivity contribution in [1.82, 2.24) is 4.90 Å². The number of ether oxygens (including phenoxy) is 3. The number of carbonyl (C=O) groups excluding carboxylic acids is 1. The molecule has 226 valence electrons.